The van der Waals surface area contributed by atoms with Crippen LogP contribution in [-0.2, 0) is 10.2 Å². The van der Waals surface area contributed by atoms with E-state index in [1.807, 2.05) is 38.2 Å². The average molecular weight is 408 g/mol. The lowest BCUT2D eigenvalue weighted by atomic mass is 9.86. The quantitative estimate of drug-likeness (QED) is 0.668. The Bertz CT molecular complexity index is 1020. The Morgan fingerprint density at radius 1 is 1.27 bits per heavy atom. The molecule has 0 saturated carbocycles. The zero-order chi connectivity index (χ0) is 20.9. The summed E-state index contributed by atoms with van der Waals surface area (Å²) in [5, 5.41) is 16.9. The van der Waals surface area contributed by atoms with Crippen LogP contribution in [0.2, 0.25) is 0 Å². The van der Waals surface area contributed by atoms with E-state index in [2.05, 4.69) is 33.0 Å². The van der Waals surface area contributed by atoms with Gasteiger partial charge in [-0.3, -0.25) is 9.79 Å². The number of guanidine groups is 1. The van der Waals surface area contributed by atoms with Crippen molar-refractivity contribution in [3.63, 3.8) is 0 Å². The van der Waals surface area contributed by atoms with Crippen molar-refractivity contribution in [1.29, 1.82) is 0 Å². The highest BCUT2D eigenvalue weighted by atomic mass is 16.2. The third-order valence-corrected chi connectivity index (χ3v) is 6.44. The van der Waals surface area contributed by atoms with Crippen molar-refractivity contribution in [1.82, 2.24) is 10.3 Å². The molecule has 4 heterocycles. The number of benzene rings is 1. The molecule has 5 rings (SSSR count). The number of carbonyl (C=O) groups is 1. The van der Waals surface area contributed by atoms with Gasteiger partial charge in [0.05, 0.1) is 17.7 Å². The third kappa shape index (κ3) is 2.89. The monoisotopic (exact) mass is 407 g/mol. The molecule has 1 aromatic rings. The standard InChI is InChI=1S/C21H26N8O/c1-21(2)16-5-4-14(12-17(16)25-19(21)30)24-20-26-18-13-23-10-11-29(18,27-20)28(3)15-6-8-22-9-7-15/h4-5,10-13,15,22H,6-9H2,1-3H3,(H-,24,25,27,30)/p+1. The Balaban J connectivity index is 1.43. The van der Waals surface area contributed by atoms with Crippen LogP contribution in [0, 0.1) is 0 Å². The lowest BCUT2D eigenvalue weighted by Crippen LogP contribution is -2.60. The van der Waals surface area contributed by atoms with Crippen LogP contribution < -0.4 is 16.0 Å². The van der Waals surface area contributed by atoms with Crippen molar-refractivity contribution in [3.8, 4) is 0 Å². The summed E-state index contributed by atoms with van der Waals surface area (Å²) in [7, 11) is 2.09. The van der Waals surface area contributed by atoms with E-state index in [0.717, 1.165) is 48.7 Å². The molecule has 0 bridgehead atoms. The fraction of sp³-hybridized carbons (Fsp3) is 0.429. The lowest BCUT2D eigenvalue weighted by molar-refractivity contribution is -0.919. The molecule has 0 aliphatic carbocycles. The lowest BCUT2D eigenvalue weighted by Gasteiger charge is -2.38. The van der Waals surface area contributed by atoms with Gasteiger partial charge in [-0.25, -0.2) is 0 Å². The zero-order valence-corrected chi connectivity index (χ0v) is 17.5. The second-order valence-electron chi connectivity index (χ2n) is 8.64. The molecular formula is C21H27N8O+. The molecule has 9 heteroatoms. The van der Waals surface area contributed by atoms with Crippen molar-refractivity contribution in [2.45, 2.75) is 38.1 Å². The summed E-state index contributed by atoms with van der Waals surface area (Å²) >= 11 is 0. The number of piperidine rings is 1. The van der Waals surface area contributed by atoms with Gasteiger partial charge in [0.2, 0.25) is 5.91 Å². The van der Waals surface area contributed by atoms with Crippen molar-refractivity contribution in [2.75, 3.05) is 30.8 Å². The van der Waals surface area contributed by atoms with E-state index < -0.39 is 5.41 Å². The molecule has 0 aromatic heterocycles. The van der Waals surface area contributed by atoms with Crippen molar-refractivity contribution >= 4 is 35.3 Å². The molecular weight excluding hydrogens is 380 g/mol. The summed E-state index contributed by atoms with van der Waals surface area (Å²) in [6, 6.07) is 6.28. The van der Waals surface area contributed by atoms with Crippen molar-refractivity contribution < 1.29 is 9.50 Å². The van der Waals surface area contributed by atoms with Crippen molar-refractivity contribution in [2.24, 2.45) is 15.1 Å². The minimum atomic E-state index is -0.520. The largest absolute Gasteiger partial charge is 0.325 e. The normalized spacial score (nSPS) is 26.9. The van der Waals surface area contributed by atoms with Crippen LogP contribution in [0.5, 0.6) is 0 Å². The number of fused-ring (bicyclic) bond motifs is 2. The van der Waals surface area contributed by atoms with Gasteiger partial charge in [0.15, 0.2) is 6.20 Å². The number of amidine groups is 1. The van der Waals surface area contributed by atoms with Gasteiger partial charge in [0.1, 0.15) is 6.21 Å². The number of nitrogens with one attached hydrogen (secondary N) is 3. The Kier molecular flexibility index (Phi) is 4.35. The smallest absolute Gasteiger partial charge is 0.301 e. The van der Waals surface area contributed by atoms with E-state index in [0.29, 0.717) is 12.0 Å². The maximum Gasteiger partial charge on any atom is 0.301 e. The summed E-state index contributed by atoms with van der Waals surface area (Å²) in [6.45, 7) is 5.88. The first-order valence-corrected chi connectivity index (χ1v) is 10.4. The average Bonchev–Trinajstić information content (AvgIpc) is 3.22. The first kappa shape index (κ1) is 19.1. The molecule has 1 saturated heterocycles. The van der Waals surface area contributed by atoms with Crippen LogP contribution in [0.1, 0.15) is 32.3 Å². The Morgan fingerprint density at radius 3 is 2.87 bits per heavy atom. The van der Waals surface area contributed by atoms with E-state index in [1.165, 1.54) is 0 Å². The number of hydrogen-bond donors (Lipinski definition) is 3. The molecule has 1 unspecified atom stereocenters. The minimum Gasteiger partial charge on any atom is -0.325 e. The molecule has 156 valence electrons. The molecule has 9 nitrogen and oxygen atoms in total. The van der Waals surface area contributed by atoms with Crippen LogP contribution in [0.4, 0.5) is 11.4 Å². The number of amides is 1. The van der Waals surface area contributed by atoms with Gasteiger partial charge in [-0.2, -0.15) is 0 Å². The number of quaternary nitrogens is 1. The van der Waals surface area contributed by atoms with E-state index >= 15 is 0 Å². The third-order valence-electron chi connectivity index (χ3n) is 6.44. The maximum atomic E-state index is 12.2. The van der Waals surface area contributed by atoms with Gasteiger partial charge >= 0.3 is 5.84 Å². The van der Waals surface area contributed by atoms with Gasteiger partial charge < -0.3 is 16.0 Å². The molecule has 0 spiro atoms. The minimum absolute atomic E-state index is 0.0136. The number of hydrogen-bond acceptors (Lipinski definition) is 7. The van der Waals surface area contributed by atoms with Gasteiger partial charge in [0.25, 0.3) is 5.96 Å². The Labute approximate surface area is 175 Å². The van der Waals surface area contributed by atoms with Gasteiger partial charge in [-0.05, 0) is 67.3 Å². The van der Waals surface area contributed by atoms with E-state index in [-0.39, 0.29) is 10.6 Å². The predicted octanol–water partition coefficient (Wildman–Crippen LogP) is 1.98. The molecule has 1 fully saturated rings. The van der Waals surface area contributed by atoms with Crippen molar-refractivity contribution in [3.05, 3.63) is 36.2 Å². The van der Waals surface area contributed by atoms with Crippen LogP contribution >= 0.6 is 0 Å². The Morgan fingerprint density at radius 2 is 2.07 bits per heavy atom. The van der Waals surface area contributed by atoms with E-state index in [4.69, 9.17) is 10.1 Å². The molecule has 30 heavy (non-hydrogen) atoms. The molecule has 1 aromatic carbocycles. The SMILES string of the molecule is CN(C1CCNCC1)[N+]12C=CN=CC1=NC(Nc1ccc3c(c1)NC(=O)C3(C)C)=N2. The van der Waals surface area contributed by atoms with Crippen LogP contribution in [0.15, 0.2) is 45.7 Å². The first-order valence-electron chi connectivity index (χ1n) is 10.4. The number of aliphatic imine (C=N–C) groups is 2. The molecule has 1 amide bonds. The van der Waals surface area contributed by atoms with Gasteiger partial charge in [0, 0.05) is 18.4 Å². The predicted molar refractivity (Wildman–Crippen MR) is 118 cm³/mol. The molecule has 3 N–H and O–H groups in total. The molecule has 0 radical (unpaired) electrons. The van der Waals surface area contributed by atoms with Gasteiger partial charge in [-0.1, -0.05) is 6.07 Å². The second kappa shape index (κ2) is 6.83. The van der Waals surface area contributed by atoms with Gasteiger partial charge in [-0.15, -0.1) is 10.0 Å². The Hall–Kier alpha value is -2.88. The summed E-state index contributed by atoms with van der Waals surface area (Å²) in [5.74, 6) is 1.30. The molecule has 4 aliphatic rings. The van der Waals surface area contributed by atoms with E-state index in [1.54, 1.807) is 12.4 Å². The fourth-order valence-electron chi connectivity index (χ4n) is 4.48. The summed E-state index contributed by atoms with van der Waals surface area (Å²) in [4.78, 5) is 21.2. The highest BCUT2D eigenvalue weighted by Gasteiger charge is 2.47. The summed E-state index contributed by atoms with van der Waals surface area (Å²) in [5.41, 5.74) is 2.14. The highest BCUT2D eigenvalue weighted by molar-refractivity contribution is 6.30. The molecule has 4 aliphatic heterocycles. The zero-order valence-electron chi connectivity index (χ0n) is 17.5. The fourth-order valence-corrected chi connectivity index (χ4v) is 4.48. The van der Waals surface area contributed by atoms with Crippen LogP contribution in [0.25, 0.3) is 0 Å². The highest BCUT2D eigenvalue weighted by Crippen LogP contribution is 2.38. The molecule has 1 atom stereocenters. The maximum absolute atomic E-state index is 12.2. The summed E-state index contributed by atoms with van der Waals surface area (Å²) < 4.78 is 0.186. The van der Waals surface area contributed by atoms with Crippen LogP contribution in [0.3, 0.4) is 0 Å². The first-order chi connectivity index (χ1) is 14.4. The number of nitrogens with zero attached hydrogens (tertiary/aromatic N) is 5. The number of rotatable bonds is 3. The van der Waals surface area contributed by atoms with E-state index in [9.17, 15) is 4.79 Å². The second-order valence-corrected chi connectivity index (χ2v) is 8.64. The van der Waals surface area contributed by atoms with Crippen LogP contribution in [-0.4, -0.2) is 59.8 Å². The number of anilines is 2. The topological polar surface area (TPSA) is 93.5 Å². The number of carbonyl (C=O) groups excluding carboxylic acids is 1. The summed E-state index contributed by atoms with van der Waals surface area (Å²) in [6.07, 6.45) is 7.62.